The van der Waals surface area contributed by atoms with Crippen molar-refractivity contribution in [3.05, 3.63) is 72.9 Å². The molecule has 0 bridgehead atoms. The van der Waals surface area contributed by atoms with E-state index in [4.69, 9.17) is 14.2 Å². The monoisotopic (exact) mass is 1050 g/mol. The average molecular weight is 1050 g/mol. The molecule has 0 rings (SSSR count). The maximum Gasteiger partial charge on any atom is 0.306 e. The first-order valence-electron chi connectivity index (χ1n) is 32.4. The Morgan fingerprint density at radius 1 is 0.267 bits per heavy atom. The molecule has 75 heavy (non-hydrogen) atoms. The summed E-state index contributed by atoms with van der Waals surface area (Å²) in [6.45, 7) is 6.53. The second-order valence-electron chi connectivity index (χ2n) is 21.7. The molecule has 0 heterocycles. The first-order chi connectivity index (χ1) is 37.0. The van der Waals surface area contributed by atoms with Crippen molar-refractivity contribution in [1.29, 1.82) is 0 Å². The van der Waals surface area contributed by atoms with E-state index in [1.807, 2.05) is 0 Å². The fraction of sp³-hybridized carbons (Fsp3) is 0.783. The van der Waals surface area contributed by atoms with Crippen LogP contribution in [0.2, 0.25) is 0 Å². The molecule has 0 aliphatic carbocycles. The molecular weight excluding hydrogens is 925 g/mol. The number of hydrogen-bond acceptors (Lipinski definition) is 6. The third-order valence-corrected chi connectivity index (χ3v) is 14.1. The zero-order valence-corrected chi connectivity index (χ0v) is 49.8. The van der Waals surface area contributed by atoms with Gasteiger partial charge in [-0.2, -0.15) is 0 Å². The molecule has 0 spiro atoms. The van der Waals surface area contributed by atoms with Crippen LogP contribution in [-0.2, 0) is 28.6 Å². The molecule has 0 saturated heterocycles. The van der Waals surface area contributed by atoms with Gasteiger partial charge in [-0.25, -0.2) is 0 Å². The Morgan fingerprint density at radius 2 is 0.520 bits per heavy atom. The molecule has 0 N–H and O–H groups in total. The van der Waals surface area contributed by atoms with Crippen molar-refractivity contribution in [2.45, 2.75) is 335 Å². The fourth-order valence-corrected chi connectivity index (χ4v) is 9.24. The van der Waals surface area contributed by atoms with Gasteiger partial charge in [0.2, 0.25) is 0 Å². The van der Waals surface area contributed by atoms with Crippen LogP contribution in [0.15, 0.2) is 72.9 Å². The summed E-state index contributed by atoms with van der Waals surface area (Å²) < 4.78 is 16.8. The van der Waals surface area contributed by atoms with Crippen LogP contribution in [0.5, 0.6) is 0 Å². The van der Waals surface area contributed by atoms with Gasteiger partial charge in [-0.05, 0) is 103 Å². The quantitative estimate of drug-likeness (QED) is 0.0261. The van der Waals surface area contributed by atoms with Crippen LogP contribution in [0.25, 0.3) is 0 Å². The van der Waals surface area contributed by atoms with E-state index in [-0.39, 0.29) is 31.1 Å². The van der Waals surface area contributed by atoms with E-state index in [2.05, 4.69) is 93.7 Å². The van der Waals surface area contributed by atoms with Gasteiger partial charge >= 0.3 is 17.9 Å². The van der Waals surface area contributed by atoms with Crippen molar-refractivity contribution in [2.75, 3.05) is 13.2 Å². The summed E-state index contributed by atoms with van der Waals surface area (Å²) >= 11 is 0. The lowest BCUT2D eigenvalue weighted by Gasteiger charge is -2.18. The summed E-state index contributed by atoms with van der Waals surface area (Å²) in [6.07, 6.45) is 82.2. The van der Waals surface area contributed by atoms with Crippen molar-refractivity contribution in [2.24, 2.45) is 0 Å². The minimum Gasteiger partial charge on any atom is -0.462 e. The van der Waals surface area contributed by atoms with E-state index in [9.17, 15) is 14.4 Å². The van der Waals surface area contributed by atoms with Crippen LogP contribution < -0.4 is 0 Å². The second-order valence-corrected chi connectivity index (χ2v) is 21.7. The van der Waals surface area contributed by atoms with Crippen LogP contribution in [-0.4, -0.2) is 37.2 Å². The summed E-state index contributed by atoms with van der Waals surface area (Å²) in [4.78, 5) is 38.1. The number of unbranched alkanes of at least 4 members (excludes halogenated alkanes) is 36. The molecule has 0 aromatic carbocycles. The molecule has 0 aliphatic rings. The highest BCUT2D eigenvalue weighted by atomic mass is 16.6. The third-order valence-electron chi connectivity index (χ3n) is 14.1. The van der Waals surface area contributed by atoms with Crippen molar-refractivity contribution in [3.63, 3.8) is 0 Å². The Labute approximate surface area is 465 Å². The first-order valence-corrected chi connectivity index (χ1v) is 32.4. The number of ether oxygens (including phenoxy) is 3. The molecule has 0 amide bonds. The largest absolute Gasteiger partial charge is 0.462 e. The Balaban J connectivity index is 4.07. The lowest BCUT2D eigenvalue weighted by Crippen LogP contribution is -2.30. The second kappa shape index (κ2) is 63.4. The standard InChI is InChI=1S/C69H122O6/c1-4-7-10-13-16-19-22-24-25-26-27-28-29-30-31-32-33-34-35-36-37-38-39-40-41-42-43-45-47-50-53-56-59-62-68(71)74-65-66(64-73-67(70)61-58-55-52-49-46-21-18-15-12-9-6-3)75-69(72)63-60-57-54-51-48-44-23-20-17-14-11-8-5-2/h11,14-15,18,20,22-24,26-27,29-30,66H,4-10,12-13,16-17,19,21,25,28,31-65H2,1-3H3/b14-11-,18-15-,23-20-,24-22-,27-26-,30-29-. The Kier molecular flexibility index (Phi) is 60.7. The minimum absolute atomic E-state index is 0.0811. The first kappa shape index (κ1) is 71.8. The number of allylic oxidation sites excluding steroid dienone is 12. The Bertz CT molecular complexity index is 1390. The van der Waals surface area contributed by atoms with Crippen molar-refractivity contribution in [3.8, 4) is 0 Å². The van der Waals surface area contributed by atoms with Gasteiger partial charge in [-0.3, -0.25) is 14.4 Å². The predicted molar refractivity (Wildman–Crippen MR) is 325 cm³/mol. The molecule has 6 heteroatoms. The van der Waals surface area contributed by atoms with Gasteiger partial charge < -0.3 is 14.2 Å². The lowest BCUT2D eigenvalue weighted by atomic mass is 10.0. The number of rotatable bonds is 59. The van der Waals surface area contributed by atoms with Crippen molar-refractivity contribution >= 4 is 17.9 Å². The zero-order valence-electron chi connectivity index (χ0n) is 49.8. The van der Waals surface area contributed by atoms with E-state index >= 15 is 0 Å². The smallest absolute Gasteiger partial charge is 0.306 e. The van der Waals surface area contributed by atoms with Crippen LogP contribution in [0.1, 0.15) is 329 Å². The molecule has 434 valence electrons. The zero-order chi connectivity index (χ0) is 54.3. The lowest BCUT2D eigenvalue weighted by molar-refractivity contribution is -0.167. The fourth-order valence-electron chi connectivity index (χ4n) is 9.24. The Hall–Kier alpha value is -3.15. The molecule has 0 radical (unpaired) electrons. The topological polar surface area (TPSA) is 78.9 Å². The number of carbonyl (C=O) groups is 3. The molecule has 0 aliphatic heterocycles. The summed E-state index contributed by atoms with van der Waals surface area (Å²) in [7, 11) is 0. The van der Waals surface area contributed by atoms with Gasteiger partial charge in [-0.15, -0.1) is 0 Å². The normalized spacial score (nSPS) is 12.5. The van der Waals surface area contributed by atoms with Gasteiger partial charge in [0, 0.05) is 19.3 Å². The molecule has 6 nitrogen and oxygen atoms in total. The van der Waals surface area contributed by atoms with E-state index in [1.54, 1.807) is 0 Å². The molecule has 0 aromatic rings. The van der Waals surface area contributed by atoms with Gasteiger partial charge in [0.05, 0.1) is 0 Å². The van der Waals surface area contributed by atoms with Crippen LogP contribution in [0.3, 0.4) is 0 Å². The van der Waals surface area contributed by atoms with E-state index in [0.717, 1.165) is 109 Å². The predicted octanol–water partition coefficient (Wildman–Crippen LogP) is 22.1. The maximum absolute atomic E-state index is 12.8. The van der Waals surface area contributed by atoms with Crippen molar-refractivity contribution in [1.82, 2.24) is 0 Å². The number of esters is 3. The maximum atomic E-state index is 12.8. The highest BCUT2D eigenvalue weighted by molar-refractivity contribution is 5.71. The number of hydrogen-bond donors (Lipinski definition) is 0. The van der Waals surface area contributed by atoms with Gasteiger partial charge in [0.15, 0.2) is 6.10 Å². The van der Waals surface area contributed by atoms with Crippen LogP contribution in [0, 0.1) is 0 Å². The molecular formula is C69H122O6. The van der Waals surface area contributed by atoms with Gasteiger partial charge in [0.25, 0.3) is 0 Å². The summed E-state index contributed by atoms with van der Waals surface area (Å²) in [6, 6.07) is 0. The van der Waals surface area contributed by atoms with E-state index < -0.39 is 6.10 Å². The van der Waals surface area contributed by atoms with Crippen LogP contribution >= 0.6 is 0 Å². The average Bonchev–Trinajstić information content (AvgIpc) is 3.41. The summed E-state index contributed by atoms with van der Waals surface area (Å²) in [5.74, 6) is -0.895. The molecule has 1 atom stereocenters. The highest BCUT2D eigenvalue weighted by Crippen LogP contribution is 2.17. The van der Waals surface area contributed by atoms with E-state index in [0.29, 0.717) is 19.3 Å². The van der Waals surface area contributed by atoms with E-state index in [1.165, 1.54) is 180 Å². The summed E-state index contributed by atoms with van der Waals surface area (Å²) in [5.41, 5.74) is 0. The van der Waals surface area contributed by atoms with Gasteiger partial charge in [-0.1, -0.05) is 280 Å². The summed E-state index contributed by atoms with van der Waals surface area (Å²) in [5, 5.41) is 0. The highest BCUT2D eigenvalue weighted by Gasteiger charge is 2.19. The SMILES string of the molecule is CCC/C=C\C/C=C\CCCCCCCC(=O)OC(COC(=O)CCCCCCC/C=C\CCCC)COC(=O)CCCCCCCCCCCCCCCCCCCC/C=C\C/C=C\C/C=C\CCCCCCC. The molecule has 0 saturated carbocycles. The van der Waals surface area contributed by atoms with Crippen LogP contribution in [0.4, 0.5) is 0 Å². The van der Waals surface area contributed by atoms with Gasteiger partial charge in [0.1, 0.15) is 13.2 Å². The third kappa shape index (κ3) is 61.6. The molecule has 0 aromatic heterocycles. The Morgan fingerprint density at radius 3 is 0.853 bits per heavy atom. The van der Waals surface area contributed by atoms with Crippen molar-refractivity contribution < 1.29 is 28.6 Å². The molecule has 1 unspecified atom stereocenters. The number of carbonyl (C=O) groups excluding carboxylic acids is 3. The molecule has 0 fully saturated rings. The minimum atomic E-state index is -0.784.